The SMILES string of the molecule is COc1ccc(CN2Cc3nc(-c4c(F)cccc4F)cc(Nc4ccc(N5CCN(C(C)C)CC5)cn4)c3C2=O)c(OC)c1. The van der Waals surface area contributed by atoms with Gasteiger partial charge in [-0.15, -0.1) is 0 Å². The molecular weight excluding hydrogens is 578 g/mol. The van der Waals surface area contributed by atoms with Gasteiger partial charge < -0.3 is 24.6 Å². The Kier molecular flexibility index (Phi) is 8.53. The van der Waals surface area contributed by atoms with Crippen LogP contribution in [0, 0.1) is 11.6 Å². The highest BCUT2D eigenvalue weighted by atomic mass is 19.1. The second kappa shape index (κ2) is 12.7. The normalized spacial score (nSPS) is 15.0. The van der Waals surface area contributed by atoms with Gasteiger partial charge in [0.15, 0.2) is 0 Å². The highest BCUT2D eigenvalue weighted by Crippen LogP contribution is 2.37. The molecule has 0 unspecified atom stereocenters. The summed E-state index contributed by atoms with van der Waals surface area (Å²) in [5.74, 6) is -0.0367. The van der Waals surface area contributed by atoms with E-state index in [0.717, 1.165) is 37.4 Å². The summed E-state index contributed by atoms with van der Waals surface area (Å²) < 4.78 is 40.6. The summed E-state index contributed by atoms with van der Waals surface area (Å²) in [5, 5.41) is 3.25. The van der Waals surface area contributed by atoms with Crippen LogP contribution in [0.5, 0.6) is 11.5 Å². The van der Waals surface area contributed by atoms with Crippen LogP contribution in [0.25, 0.3) is 11.3 Å². The first-order valence-corrected chi connectivity index (χ1v) is 15.0. The molecule has 1 saturated heterocycles. The maximum atomic E-state index is 14.9. The van der Waals surface area contributed by atoms with Crippen LogP contribution in [0.15, 0.2) is 60.8 Å². The summed E-state index contributed by atoms with van der Waals surface area (Å²) in [6.07, 6.45) is 1.80. The van der Waals surface area contributed by atoms with Crippen LogP contribution < -0.4 is 19.7 Å². The van der Waals surface area contributed by atoms with Crippen LogP contribution in [0.2, 0.25) is 0 Å². The molecule has 11 heteroatoms. The Labute approximate surface area is 261 Å². The number of fused-ring (bicyclic) bond motifs is 1. The summed E-state index contributed by atoms with van der Waals surface area (Å²) >= 11 is 0. The molecule has 45 heavy (non-hydrogen) atoms. The molecule has 6 rings (SSSR count). The minimum atomic E-state index is -0.738. The van der Waals surface area contributed by atoms with Crippen molar-refractivity contribution in [2.45, 2.75) is 33.0 Å². The third-order valence-corrected chi connectivity index (χ3v) is 8.43. The summed E-state index contributed by atoms with van der Waals surface area (Å²) in [4.78, 5) is 29.4. The first-order valence-electron chi connectivity index (χ1n) is 15.0. The number of nitrogens with one attached hydrogen (secondary N) is 1. The maximum Gasteiger partial charge on any atom is 0.258 e. The molecule has 4 heterocycles. The summed E-state index contributed by atoms with van der Waals surface area (Å²) in [7, 11) is 3.13. The van der Waals surface area contributed by atoms with Crippen molar-refractivity contribution in [1.29, 1.82) is 0 Å². The van der Waals surface area contributed by atoms with Gasteiger partial charge in [-0.05, 0) is 56.3 Å². The number of methoxy groups -OCH3 is 2. The quantitative estimate of drug-likeness (QED) is 0.251. The average molecular weight is 615 g/mol. The summed E-state index contributed by atoms with van der Waals surface area (Å²) in [6, 6.07) is 14.9. The average Bonchev–Trinajstić information content (AvgIpc) is 3.36. The largest absolute Gasteiger partial charge is 0.497 e. The Hall–Kier alpha value is -4.77. The number of carbonyl (C=O) groups is 1. The van der Waals surface area contributed by atoms with Crippen molar-refractivity contribution in [3.8, 4) is 22.8 Å². The number of rotatable bonds is 9. The van der Waals surface area contributed by atoms with Gasteiger partial charge in [0, 0.05) is 43.9 Å². The molecule has 2 aliphatic rings. The molecule has 0 radical (unpaired) electrons. The van der Waals surface area contributed by atoms with E-state index in [2.05, 4.69) is 38.9 Å². The molecule has 234 valence electrons. The Morgan fingerprint density at radius 1 is 0.933 bits per heavy atom. The van der Waals surface area contributed by atoms with Crippen LogP contribution in [0.3, 0.4) is 0 Å². The smallest absolute Gasteiger partial charge is 0.258 e. The van der Waals surface area contributed by atoms with Gasteiger partial charge in [0.1, 0.15) is 29.0 Å². The zero-order valence-corrected chi connectivity index (χ0v) is 25.8. The number of hydrogen-bond donors (Lipinski definition) is 1. The fraction of sp³-hybridized carbons (Fsp3) is 0.324. The lowest BCUT2D eigenvalue weighted by molar-refractivity contribution is 0.0766. The van der Waals surface area contributed by atoms with E-state index < -0.39 is 11.6 Å². The predicted molar refractivity (Wildman–Crippen MR) is 169 cm³/mol. The lowest BCUT2D eigenvalue weighted by atomic mass is 10.1. The Morgan fingerprint density at radius 2 is 1.69 bits per heavy atom. The molecular formula is C34H36F2N6O3. The van der Waals surface area contributed by atoms with Crippen LogP contribution in [0.1, 0.15) is 35.5 Å². The number of aromatic nitrogens is 2. The lowest BCUT2D eigenvalue weighted by Gasteiger charge is -2.38. The number of ether oxygens (including phenoxy) is 2. The van der Waals surface area contributed by atoms with E-state index in [1.807, 2.05) is 18.2 Å². The van der Waals surface area contributed by atoms with Crippen molar-refractivity contribution in [3.63, 3.8) is 0 Å². The van der Waals surface area contributed by atoms with Gasteiger partial charge in [-0.25, -0.2) is 18.7 Å². The molecule has 2 aliphatic heterocycles. The predicted octanol–water partition coefficient (Wildman–Crippen LogP) is 5.87. The number of anilines is 3. The molecule has 0 bridgehead atoms. The fourth-order valence-electron chi connectivity index (χ4n) is 5.93. The van der Waals surface area contributed by atoms with E-state index in [4.69, 9.17) is 9.47 Å². The van der Waals surface area contributed by atoms with Crippen molar-refractivity contribution in [2.24, 2.45) is 0 Å². The molecule has 0 aliphatic carbocycles. The topological polar surface area (TPSA) is 83.1 Å². The Balaban J connectivity index is 1.31. The van der Waals surface area contributed by atoms with E-state index >= 15 is 0 Å². The summed E-state index contributed by atoms with van der Waals surface area (Å²) in [5.41, 5.74) is 2.73. The molecule has 9 nitrogen and oxygen atoms in total. The standard InChI is InChI=1S/C34H36F2N6O3/c1-21(2)40-12-14-41(15-13-40)23-9-11-31(37-18-23)39-28-17-27(32-25(35)6-5-7-26(32)36)38-29-20-42(34(43)33(28)29)19-22-8-10-24(44-3)16-30(22)45-4/h5-11,16-18,21H,12-15,19-20H2,1-4H3,(H,37,38,39). The van der Waals surface area contributed by atoms with Crippen molar-refractivity contribution >= 4 is 23.1 Å². The first-order chi connectivity index (χ1) is 21.7. The second-order valence-corrected chi connectivity index (χ2v) is 11.5. The van der Waals surface area contributed by atoms with Gasteiger partial charge in [-0.2, -0.15) is 0 Å². The van der Waals surface area contributed by atoms with Gasteiger partial charge in [-0.1, -0.05) is 6.07 Å². The minimum absolute atomic E-state index is 0.0863. The summed E-state index contributed by atoms with van der Waals surface area (Å²) in [6.45, 7) is 8.59. The van der Waals surface area contributed by atoms with Gasteiger partial charge in [-0.3, -0.25) is 9.69 Å². The third-order valence-electron chi connectivity index (χ3n) is 8.43. The number of piperazine rings is 1. The molecule has 0 spiro atoms. The molecule has 1 fully saturated rings. The molecule has 0 saturated carbocycles. The molecule has 2 aromatic heterocycles. The van der Waals surface area contributed by atoms with Crippen molar-refractivity contribution < 1.29 is 23.0 Å². The molecule has 2 aromatic carbocycles. The van der Waals surface area contributed by atoms with E-state index in [1.165, 1.54) is 24.3 Å². The van der Waals surface area contributed by atoms with E-state index in [9.17, 15) is 13.6 Å². The van der Waals surface area contributed by atoms with Crippen molar-refractivity contribution in [1.82, 2.24) is 19.8 Å². The number of carbonyl (C=O) groups excluding carboxylic acids is 1. The van der Waals surface area contributed by atoms with E-state index in [0.29, 0.717) is 40.3 Å². The number of nitrogens with zero attached hydrogens (tertiary/aromatic N) is 5. The molecule has 1 N–H and O–H groups in total. The van der Waals surface area contributed by atoms with Crippen LogP contribution >= 0.6 is 0 Å². The first kappa shape index (κ1) is 30.3. The fourth-order valence-corrected chi connectivity index (χ4v) is 5.93. The minimum Gasteiger partial charge on any atom is -0.497 e. The highest BCUT2D eigenvalue weighted by Gasteiger charge is 2.34. The number of pyridine rings is 2. The second-order valence-electron chi connectivity index (χ2n) is 11.5. The molecule has 0 atom stereocenters. The van der Waals surface area contributed by atoms with Crippen molar-refractivity contribution in [2.75, 3.05) is 50.6 Å². The maximum absolute atomic E-state index is 14.9. The van der Waals surface area contributed by atoms with Gasteiger partial charge in [0.05, 0.1) is 67.4 Å². The lowest BCUT2D eigenvalue weighted by Crippen LogP contribution is -2.48. The zero-order chi connectivity index (χ0) is 31.7. The van der Waals surface area contributed by atoms with Crippen LogP contribution in [-0.4, -0.2) is 72.1 Å². The van der Waals surface area contributed by atoms with Crippen LogP contribution in [0.4, 0.5) is 26.0 Å². The van der Waals surface area contributed by atoms with Gasteiger partial charge in [0.2, 0.25) is 0 Å². The zero-order valence-electron chi connectivity index (χ0n) is 25.8. The number of benzene rings is 2. The van der Waals surface area contributed by atoms with Gasteiger partial charge >= 0.3 is 0 Å². The Bertz CT molecular complexity index is 1690. The third kappa shape index (κ3) is 6.12. The number of hydrogen-bond acceptors (Lipinski definition) is 8. The van der Waals surface area contributed by atoms with Crippen molar-refractivity contribution in [3.05, 3.63) is 89.2 Å². The van der Waals surface area contributed by atoms with E-state index in [1.54, 1.807) is 37.4 Å². The molecule has 4 aromatic rings. The number of halogens is 2. The molecule has 1 amide bonds. The van der Waals surface area contributed by atoms with Crippen LogP contribution in [-0.2, 0) is 13.1 Å². The number of amides is 1. The monoisotopic (exact) mass is 614 g/mol. The van der Waals surface area contributed by atoms with Gasteiger partial charge in [0.25, 0.3) is 5.91 Å². The Morgan fingerprint density at radius 3 is 2.33 bits per heavy atom. The van der Waals surface area contributed by atoms with E-state index in [-0.39, 0.29) is 30.3 Å². The highest BCUT2D eigenvalue weighted by molar-refractivity contribution is 6.04.